The molecule has 23 heavy (non-hydrogen) atoms. The number of aryl methyl sites for hydroxylation is 1. The van der Waals surface area contributed by atoms with E-state index in [4.69, 9.17) is 14.2 Å². The average Bonchev–Trinajstić information content (AvgIpc) is 2.58. The minimum Gasteiger partial charge on any atom is -0.465 e. The molecule has 0 saturated carbocycles. The Morgan fingerprint density at radius 3 is 2.57 bits per heavy atom. The van der Waals surface area contributed by atoms with Crippen LogP contribution in [0.1, 0.15) is 35.2 Å². The van der Waals surface area contributed by atoms with E-state index in [1.165, 1.54) is 0 Å². The molecule has 4 heteroatoms. The van der Waals surface area contributed by atoms with Crippen molar-refractivity contribution in [2.75, 3.05) is 6.61 Å². The highest BCUT2D eigenvalue weighted by Crippen LogP contribution is 2.21. The number of carbonyl (C=O) groups excluding carboxylic acids is 1. The summed E-state index contributed by atoms with van der Waals surface area (Å²) in [4.78, 5) is 12.2. The van der Waals surface area contributed by atoms with Crippen LogP contribution in [0.2, 0.25) is 0 Å². The Bertz CT molecular complexity index is 657. The van der Waals surface area contributed by atoms with Crippen molar-refractivity contribution in [2.24, 2.45) is 0 Å². The summed E-state index contributed by atoms with van der Waals surface area (Å²) in [6.45, 7) is 2.65. The molecule has 0 spiro atoms. The highest BCUT2D eigenvalue weighted by Gasteiger charge is 2.16. The first-order valence-electron chi connectivity index (χ1n) is 7.88. The fourth-order valence-corrected chi connectivity index (χ4v) is 2.46. The van der Waals surface area contributed by atoms with Crippen molar-refractivity contribution in [3.05, 3.63) is 59.7 Å². The fourth-order valence-electron chi connectivity index (χ4n) is 2.46. The molecular formula is C19H20O4. The van der Waals surface area contributed by atoms with Crippen LogP contribution >= 0.6 is 0 Å². The summed E-state index contributed by atoms with van der Waals surface area (Å²) >= 11 is 0. The zero-order chi connectivity index (χ0) is 16.1. The minimum absolute atomic E-state index is 0.187. The van der Waals surface area contributed by atoms with Crippen molar-refractivity contribution >= 4 is 5.97 Å². The number of hydrogen-bond acceptors (Lipinski definition) is 4. The Morgan fingerprint density at radius 2 is 1.87 bits per heavy atom. The van der Waals surface area contributed by atoms with Crippen LogP contribution in [0.25, 0.3) is 0 Å². The fraction of sp³-hybridized carbons (Fsp3) is 0.316. The second kappa shape index (κ2) is 7.29. The quantitative estimate of drug-likeness (QED) is 0.629. The summed E-state index contributed by atoms with van der Waals surface area (Å²) in [5, 5.41) is 0. The lowest BCUT2D eigenvalue weighted by Crippen LogP contribution is -2.24. The number of para-hydroxylation sites is 1. The Kier molecular flexibility index (Phi) is 4.93. The molecule has 120 valence electrons. The lowest BCUT2D eigenvalue weighted by Gasteiger charge is -2.23. The molecule has 1 aliphatic rings. The van der Waals surface area contributed by atoms with Crippen LogP contribution in [0.5, 0.6) is 11.5 Å². The first-order chi connectivity index (χ1) is 11.2. The predicted octanol–water partition coefficient (Wildman–Crippen LogP) is 4.12. The van der Waals surface area contributed by atoms with E-state index in [-0.39, 0.29) is 12.3 Å². The molecule has 1 saturated heterocycles. The molecular weight excluding hydrogens is 292 g/mol. The molecule has 1 aliphatic heterocycles. The van der Waals surface area contributed by atoms with Crippen molar-refractivity contribution in [3.8, 4) is 11.5 Å². The van der Waals surface area contributed by atoms with Crippen LogP contribution in [0.3, 0.4) is 0 Å². The molecule has 1 heterocycles. The maximum absolute atomic E-state index is 12.2. The molecule has 2 aromatic rings. The summed E-state index contributed by atoms with van der Waals surface area (Å²) in [5.74, 6) is 0.901. The van der Waals surface area contributed by atoms with E-state index < -0.39 is 0 Å². The maximum atomic E-state index is 12.2. The van der Waals surface area contributed by atoms with Gasteiger partial charge in [-0.25, -0.2) is 4.79 Å². The molecule has 0 amide bonds. The number of carbonyl (C=O) groups is 1. The lowest BCUT2D eigenvalue weighted by atomic mass is 10.2. The van der Waals surface area contributed by atoms with Gasteiger partial charge in [0.15, 0.2) is 6.29 Å². The zero-order valence-corrected chi connectivity index (χ0v) is 13.2. The molecule has 3 rings (SSSR count). The third-order valence-electron chi connectivity index (χ3n) is 3.79. The van der Waals surface area contributed by atoms with E-state index in [2.05, 4.69) is 0 Å². The van der Waals surface area contributed by atoms with E-state index in [1.54, 1.807) is 30.3 Å². The van der Waals surface area contributed by atoms with E-state index >= 15 is 0 Å². The van der Waals surface area contributed by atoms with Gasteiger partial charge in [-0.2, -0.15) is 0 Å². The molecule has 2 aromatic carbocycles. The van der Waals surface area contributed by atoms with E-state index in [1.807, 2.05) is 25.1 Å². The molecule has 4 nitrogen and oxygen atoms in total. The van der Waals surface area contributed by atoms with Gasteiger partial charge in [-0.15, -0.1) is 0 Å². The van der Waals surface area contributed by atoms with Crippen LogP contribution < -0.4 is 9.47 Å². The van der Waals surface area contributed by atoms with Gasteiger partial charge in [0.1, 0.15) is 11.5 Å². The third-order valence-corrected chi connectivity index (χ3v) is 3.79. The van der Waals surface area contributed by atoms with Gasteiger partial charge in [0.2, 0.25) is 0 Å². The Morgan fingerprint density at radius 1 is 1.09 bits per heavy atom. The standard InChI is InChI=1S/C19H20O4/c1-14-6-2-3-7-17(14)23-19(20)15-9-11-16(12-10-15)22-18-8-4-5-13-21-18/h2-3,6-7,9-12,18H,4-5,8,13H2,1H3. The average molecular weight is 312 g/mol. The highest BCUT2D eigenvalue weighted by atomic mass is 16.7. The molecule has 1 atom stereocenters. The van der Waals surface area contributed by atoms with Crippen LogP contribution in [0.4, 0.5) is 0 Å². The van der Waals surface area contributed by atoms with Gasteiger partial charge in [0.05, 0.1) is 12.2 Å². The molecule has 0 radical (unpaired) electrons. The van der Waals surface area contributed by atoms with Gasteiger partial charge in [-0.05, 0) is 55.7 Å². The molecule has 1 unspecified atom stereocenters. The lowest BCUT2D eigenvalue weighted by molar-refractivity contribution is -0.105. The van der Waals surface area contributed by atoms with Crippen LogP contribution in [-0.4, -0.2) is 18.9 Å². The van der Waals surface area contributed by atoms with Crippen molar-refractivity contribution in [2.45, 2.75) is 32.5 Å². The number of hydrogen-bond donors (Lipinski definition) is 0. The second-order valence-electron chi connectivity index (χ2n) is 5.59. The van der Waals surface area contributed by atoms with Crippen LogP contribution in [0, 0.1) is 6.92 Å². The van der Waals surface area contributed by atoms with Gasteiger partial charge in [0, 0.05) is 6.42 Å². The van der Waals surface area contributed by atoms with E-state index in [9.17, 15) is 4.79 Å². The number of ether oxygens (including phenoxy) is 3. The SMILES string of the molecule is Cc1ccccc1OC(=O)c1ccc(OC2CCCCO2)cc1. The smallest absolute Gasteiger partial charge is 0.343 e. The monoisotopic (exact) mass is 312 g/mol. The minimum atomic E-state index is -0.375. The predicted molar refractivity (Wildman–Crippen MR) is 86.8 cm³/mol. The summed E-state index contributed by atoms with van der Waals surface area (Å²) < 4.78 is 16.7. The normalized spacial score (nSPS) is 17.5. The summed E-state index contributed by atoms with van der Waals surface area (Å²) in [5.41, 5.74) is 1.42. The summed E-state index contributed by atoms with van der Waals surface area (Å²) in [6, 6.07) is 14.4. The highest BCUT2D eigenvalue weighted by molar-refractivity contribution is 5.91. The van der Waals surface area contributed by atoms with Gasteiger partial charge < -0.3 is 14.2 Å². The topological polar surface area (TPSA) is 44.8 Å². The number of benzene rings is 2. The first-order valence-corrected chi connectivity index (χ1v) is 7.88. The second-order valence-corrected chi connectivity index (χ2v) is 5.59. The van der Waals surface area contributed by atoms with Crippen molar-refractivity contribution in [3.63, 3.8) is 0 Å². The van der Waals surface area contributed by atoms with Crippen molar-refractivity contribution in [1.82, 2.24) is 0 Å². The molecule has 0 aliphatic carbocycles. The largest absolute Gasteiger partial charge is 0.465 e. The molecule has 0 N–H and O–H groups in total. The van der Waals surface area contributed by atoms with Crippen molar-refractivity contribution in [1.29, 1.82) is 0 Å². The van der Waals surface area contributed by atoms with Gasteiger partial charge in [-0.3, -0.25) is 0 Å². The van der Waals surface area contributed by atoms with Gasteiger partial charge >= 0.3 is 5.97 Å². The van der Waals surface area contributed by atoms with E-state index in [0.29, 0.717) is 17.1 Å². The number of esters is 1. The van der Waals surface area contributed by atoms with Crippen LogP contribution in [0.15, 0.2) is 48.5 Å². The third kappa shape index (κ3) is 4.11. The van der Waals surface area contributed by atoms with E-state index in [0.717, 1.165) is 31.4 Å². The van der Waals surface area contributed by atoms with Crippen molar-refractivity contribution < 1.29 is 19.0 Å². The molecule has 1 fully saturated rings. The first kappa shape index (κ1) is 15.6. The number of rotatable bonds is 4. The van der Waals surface area contributed by atoms with Gasteiger partial charge in [-0.1, -0.05) is 18.2 Å². The zero-order valence-electron chi connectivity index (χ0n) is 13.2. The summed E-state index contributed by atoms with van der Waals surface area (Å²) in [7, 11) is 0. The Hall–Kier alpha value is -2.33. The molecule has 0 bridgehead atoms. The molecule has 0 aromatic heterocycles. The summed E-state index contributed by atoms with van der Waals surface area (Å²) in [6.07, 6.45) is 2.92. The maximum Gasteiger partial charge on any atom is 0.343 e. The van der Waals surface area contributed by atoms with Gasteiger partial charge in [0.25, 0.3) is 0 Å². The van der Waals surface area contributed by atoms with Crippen LogP contribution in [-0.2, 0) is 4.74 Å². The Labute approximate surface area is 136 Å². The Balaban J connectivity index is 1.62.